The number of halogens is 2. The van der Waals surface area contributed by atoms with Gasteiger partial charge in [0.15, 0.2) is 0 Å². The van der Waals surface area contributed by atoms with Crippen molar-refractivity contribution in [1.82, 2.24) is 0 Å². The quantitative estimate of drug-likeness (QED) is 0.826. The number of Topliss-reactive ketones (excluding diaryl/α,β-unsaturated/α-hetero) is 1. The summed E-state index contributed by atoms with van der Waals surface area (Å²) < 4.78 is 18.8. The van der Waals surface area contributed by atoms with Gasteiger partial charge in [-0.25, -0.2) is 4.39 Å². The fourth-order valence-electron chi connectivity index (χ4n) is 2.58. The number of carbonyl (C=O) groups excluding carboxylic acids is 1. The third-order valence-corrected chi connectivity index (χ3v) is 4.26. The van der Waals surface area contributed by atoms with Crippen molar-refractivity contribution in [3.05, 3.63) is 29.0 Å². The molecular formula is C14H16ClFO2. The zero-order chi connectivity index (χ0) is 13.3. The van der Waals surface area contributed by atoms with Crippen LogP contribution in [0.2, 0.25) is 5.02 Å². The highest BCUT2D eigenvalue weighted by atomic mass is 35.5. The second kappa shape index (κ2) is 4.88. The zero-order valence-electron chi connectivity index (χ0n) is 10.5. The maximum Gasteiger partial charge on any atom is 0.146 e. The number of ketones is 1. The van der Waals surface area contributed by atoms with E-state index in [1.807, 2.05) is 13.8 Å². The van der Waals surface area contributed by atoms with Crippen LogP contribution in [0.15, 0.2) is 18.2 Å². The van der Waals surface area contributed by atoms with Gasteiger partial charge in [-0.15, -0.1) is 0 Å². The minimum Gasteiger partial charge on any atom is -0.489 e. The van der Waals surface area contributed by atoms with Crippen LogP contribution < -0.4 is 4.74 Å². The molecule has 0 amide bonds. The molecule has 0 aliphatic heterocycles. The van der Waals surface area contributed by atoms with E-state index in [4.69, 9.17) is 16.3 Å². The molecule has 1 aromatic carbocycles. The fourth-order valence-corrected chi connectivity index (χ4v) is 2.75. The van der Waals surface area contributed by atoms with E-state index in [2.05, 4.69) is 0 Å². The molecule has 0 spiro atoms. The molecule has 1 aliphatic rings. The van der Waals surface area contributed by atoms with Crippen molar-refractivity contribution in [2.45, 2.75) is 39.2 Å². The smallest absolute Gasteiger partial charge is 0.146 e. The average Bonchev–Trinajstić information content (AvgIpc) is 2.35. The third-order valence-electron chi connectivity index (χ3n) is 3.97. The maximum absolute atomic E-state index is 13.0. The Morgan fingerprint density at radius 3 is 2.61 bits per heavy atom. The van der Waals surface area contributed by atoms with Crippen LogP contribution in [0.25, 0.3) is 0 Å². The Morgan fingerprint density at radius 2 is 2.11 bits per heavy atom. The molecule has 1 saturated carbocycles. The molecule has 1 aromatic rings. The predicted octanol–water partition coefficient (Wildman–Crippen LogP) is 4.01. The van der Waals surface area contributed by atoms with E-state index in [-0.39, 0.29) is 22.3 Å². The summed E-state index contributed by atoms with van der Waals surface area (Å²) in [7, 11) is 0. The molecule has 1 fully saturated rings. The molecule has 4 heteroatoms. The summed E-state index contributed by atoms with van der Waals surface area (Å²) in [6, 6.07) is 4.27. The lowest BCUT2D eigenvalue weighted by molar-refractivity contribution is -0.153. The van der Waals surface area contributed by atoms with E-state index in [0.717, 1.165) is 12.8 Å². The summed E-state index contributed by atoms with van der Waals surface area (Å²) in [6.45, 7) is 3.99. The van der Waals surface area contributed by atoms with Crippen molar-refractivity contribution in [2.75, 3.05) is 0 Å². The largest absolute Gasteiger partial charge is 0.489 e. The van der Waals surface area contributed by atoms with Gasteiger partial charge in [-0.3, -0.25) is 4.79 Å². The third kappa shape index (κ3) is 2.01. The van der Waals surface area contributed by atoms with E-state index in [0.29, 0.717) is 12.2 Å². The lowest BCUT2D eigenvalue weighted by Crippen LogP contribution is -2.56. The van der Waals surface area contributed by atoms with Crippen LogP contribution in [0.5, 0.6) is 5.75 Å². The normalized spacial score (nSPS) is 21.6. The first-order chi connectivity index (χ1) is 8.53. The molecule has 1 unspecified atom stereocenters. The molecule has 98 valence electrons. The summed E-state index contributed by atoms with van der Waals surface area (Å²) in [4.78, 5) is 11.8. The minimum atomic E-state index is -0.467. The fraction of sp³-hybridized carbons (Fsp3) is 0.500. The maximum atomic E-state index is 13.0. The van der Waals surface area contributed by atoms with Crippen LogP contribution in [-0.2, 0) is 4.79 Å². The summed E-state index contributed by atoms with van der Waals surface area (Å²) in [6.07, 6.45) is 1.84. The highest BCUT2D eigenvalue weighted by molar-refractivity contribution is 6.30. The average molecular weight is 271 g/mol. The van der Waals surface area contributed by atoms with Crippen molar-refractivity contribution < 1.29 is 13.9 Å². The van der Waals surface area contributed by atoms with Gasteiger partial charge >= 0.3 is 0 Å². The van der Waals surface area contributed by atoms with E-state index >= 15 is 0 Å². The second-order valence-corrected chi connectivity index (χ2v) is 5.08. The minimum absolute atomic E-state index is 0.0387. The summed E-state index contributed by atoms with van der Waals surface area (Å²) in [5, 5.41) is 0.0387. The number of carbonyl (C=O) groups is 1. The first-order valence-electron chi connectivity index (χ1n) is 6.18. The Hall–Kier alpha value is -1.09. The van der Waals surface area contributed by atoms with Gasteiger partial charge < -0.3 is 4.74 Å². The van der Waals surface area contributed by atoms with Gasteiger partial charge in [0.25, 0.3) is 0 Å². The molecule has 0 N–H and O–H groups in total. The van der Waals surface area contributed by atoms with Crippen LogP contribution in [0.4, 0.5) is 4.39 Å². The molecular weight excluding hydrogens is 255 g/mol. The summed E-state index contributed by atoms with van der Waals surface area (Å²) >= 11 is 5.70. The standard InChI is InChI=1S/C14H16ClFO2/c1-3-14(4-2)12(17)8-13(14)18-9-5-6-11(16)10(15)7-9/h5-7,13H,3-4,8H2,1-2H3. The number of benzene rings is 1. The number of rotatable bonds is 4. The molecule has 2 rings (SSSR count). The lowest BCUT2D eigenvalue weighted by Gasteiger charge is -2.46. The van der Waals surface area contributed by atoms with Crippen LogP contribution in [0, 0.1) is 11.2 Å². The number of hydrogen-bond donors (Lipinski definition) is 0. The Balaban J connectivity index is 2.15. The molecule has 2 nitrogen and oxygen atoms in total. The van der Waals surface area contributed by atoms with Crippen LogP contribution in [0.1, 0.15) is 33.1 Å². The van der Waals surface area contributed by atoms with Crippen LogP contribution >= 0.6 is 11.6 Å². The van der Waals surface area contributed by atoms with Crippen molar-refractivity contribution in [1.29, 1.82) is 0 Å². The summed E-state index contributed by atoms with van der Waals surface area (Å²) in [5.74, 6) is 0.307. The Bertz CT molecular complexity index is 469. The van der Waals surface area contributed by atoms with Crippen LogP contribution in [-0.4, -0.2) is 11.9 Å². The molecule has 1 atom stereocenters. The zero-order valence-corrected chi connectivity index (χ0v) is 11.3. The monoisotopic (exact) mass is 270 g/mol. The van der Waals surface area contributed by atoms with E-state index in [1.165, 1.54) is 12.1 Å². The second-order valence-electron chi connectivity index (χ2n) is 4.67. The highest BCUT2D eigenvalue weighted by Crippen LogP contribution is 2.45. The van der Waals surface area contributed by atoms with Crippen LogP contribution in [0.3, 0.4) is 0 Å². The topological polar surface area (TPSA) is 26.3 Å². The summed E-state index contributed by atoms with van der Waals surface area (Å²) in [5.41, 5.74) is -0.374. The van der Waals surface area contributed by atoms with Gasteiger partial charge in [0.1, 0.15) is 23.5 Å². The van der Waals surface area contributed by atoms with Gasteiger partial charge in [-0.2, -0.15) is 0 Å². The Labute approximate surface area is 111 Å². The Kier molecular flexibility index (Phi) is 3.62. The SMILES string of the molecule is CCC1(CC)C(=O)CC1Oc1ccc(F)c(Cl)c1. The molecule has 0 saturated heterocycles. The molecule has 0 aromatic heterocycles. The number of ether oxygens (including phenoxy) is 1. The highest BCUT2D eigenvalue weighted by Gasteiger charge is 2.53. The van der Waals surface area contributed by atoms with Gasteiger partial charge in [-0.1, -0.05) is 25.4 Å². The lowest BCUT2D eigenvalue weighted by atomic mass is 9.61. The number of hydrogen-bond acceptors (Lipinski definition) is 2. The van der Waals surface area contributed by atoms with Gasteiger partial charge in [-0.05, 0) is 25.0 Å². The van der Waals surface area contributed by atoms with Crippen molar-refractivity contribution in [3.63, 3.8) is 0 Å². The Morgan fingerprint density at radius 1 is 1.44 bits per heavy atom. The van der Waals surface area contributed by atoms with E-state index in [1.54, 1.807) is 6.07 Å². The molecule has 0 heterocycles. The molecule has 0 bridgehead atoms. The molecule has 1 aliphatic carbocycles. The molecule has 18 heavy (non-hydrogen) atoms. The first-order valence-corrected chi connectivity index (χ1v) is 6.56. The predicted molar refractivity (Wildman–Crippen MR) is 68.5 cm³/mol. The van der Waals surface area contributed by atoms with Crippen molar-refractivity contribution in [2.24, 2.45) is 5.41 Å². The van der Waals surface area contributed by atoms with Crippen molar-refractivity contribution in [3.8, 4) is 5.75 Å². The molecule has 0 radical (unpaired) electrons. The van der Waals surface area contributed by atoms with E-state index in [9.17, 15) is 9.18 Å². The van der Waals surface area contributed by atoms with Gasteiger partial charge in [0.05, 0.1) is 10.4 Å². The van der Waals surface area contributed by atoms with Gasteiger partial charge in [0, 0.05) is 12.5 Å². The van der Waals surface area contributed by atoms with Crippen molar-refractivity contribution >= 4 is 17.4 Å². The van der Waals surface area contributed by atoms with E-state index < -0.39 is 5.82 Å². The first kappa shape index (κ1) is 13.3. The van der Waals surface area contributed by atoms with Gasteiger partial charge in [0.2, 0.25) is 0 Å².